The van der Waals surface area contributed by atoms with E-state index in [-0.39, 0.29) is 0 Å². The summed E-state index contributed by atoms with van der Waals surface area (Å²) in [6.07, 6.45) is 6.74. The first-order valence-corrected chi connectivity index (χ1v) is 4.32. The summed E-state index contributed by atoms with van der Waals surface area (Å²) in [5.74, 6) is 1.19. The van der Waals surface area contributed by atoms with Crippen molar-refractivity contribution >= 4 is 0 Å². The Morgan fingerprint density at radius 2 is 2.21 bits per heavy atom. The van der Waals surface area contributed by atoms with Crippen molar-refractivity contribution in [3.63, 3.8) is 0 Å². The highest BCUT2D eigenvalue weighted by atomic mass is 16.5. The molecule has 0 saturated heterocycles. The third-order valence-corrected chi connectivity index (χ3v) is 1.59. The molecule has 0 saturated carbocycles. The van der Waals surface area contributed by atoms with Gasteiger partial charge in [-0.25, -0.2) is 4.98 Å². The van der Waals surface area contributed by atoms with Crippen molar-refractivity contribution in [1.82, 2.24) is 4.98 Å². The van der Waals surface area contributed by atoms with E-state index >= 15 is 0 Å². The molecule has 0 N–H and O–H groups in total. The molecule has 0 bridgehead atoms. The summed E-state index contributed by atoms with van der Waals surface area (Å²) in [4.78, 5) is 4.10. The van der Waals surface area contributed by atoms with Crippen LogP contribution in [0.3, 0.4) is 0 Å². The summed E-state index contributed by atoms with van der Waals surface area (Å²) >= 11 is 0. The standard InChI is InChI=1S/C12H13NO/c1-4-6-11(5-2)14-12-8-7-10(3)9-13-12/h4-9H,1-2H2,3H3/b11-6+. The highest BCUT2D eigenvalue weighted by molar-refractivity contribution is 5.23. The summed E-state index contributed by atoms with van der Waals surface area (Å²) in [6.45, 7) is 9.18. The molecule has 0 aromatic carbocycles. The predicted octanol–water partition coefficient (Wildman–Crippen LogP) is 3.02. The zero-order valence-electron chi connectivity index (χ0n) is 8.23. The molecule has 1 aromatic heterocycles. The molecule has 1 rings (SSSR count). The molecule has 0 spiro atoms. The molecule has 0 radical (unpaired) electrons. The van der Waals surface area contributed by atoms with Gasteiger partial charge in [-0.15, -0.1) is 0 Å². The van der Waals surface area contributed by atoms with Crippen LogP contribution >= 0.6 is 0 Å². The zero-order valence-corrected chi connectivity index (χ0v) is 8.23. The fourth-order valence-corrected chi connectivity index (χ4v) is 0.895. The fourth-order valence-electron chi connectivity index (χ4n) is 0.895. The van der Waals surface area contributed by atoms with E-state index in [0.29, 0.717) is 11.6 Å². The molecular formula is C12H13NO. The molecular weight excluding hydrogens is 174 g/mol. The monoisotopic (exact) mass is 187 g/mol. The Labute approximate surface area is 84.3 Å². The van der Waals surface area contributed by atoms with E-state index in [9.17, 15) is 0 Å². The Hall–Kier alpha value is -1.83. The molecule has 72 valence electrons. The van der Waals surface area contributed by atoms with Gasteiger partial charge in [-0.3, -0.25) is 0 Å². The zero-order chi connectivity index (χ0) is 10.4. The molecule has 0 atom stereocenters. The SMILES string of the molecule is C=C/C=C(\C=C)Oc1ccc(C)cn1. The average molecular weight is 187 g/mol. The predicted molar refractivity (Wildman–Crippen MR) is 58.1 cm³/mol. The number of hydrogen-bond donors (Lipinski definition) is 0. The number of nitrogens with zero attached hydrogens (tertiary/aromatic N) is 1. The number of allylic oxidation sites excluding steroid dienone is 3. The molecule has 2 heteroatoms. The summed E-state index contributed by atoms with van der Waals surface area (Å²) < 4.78 is 5.42. The normalized spacial score (nSPS) is 10.8. The van der Waals surface area contributed by atoms with Crippen molar-refractivity contribution in [3.8, 4) is 5.88 Å². The highest BCUT2D eigenvalue weighted by Gasteiger charge is 1.96. The Kier molecular flexibility index (Phi) is 3.68. The number of pyridine rings is 1. The number of hydrogen-bond acceptors (Lipinski definition) is 2. The van der Waals surface area contributed by atoms with E-state index in [2.05, 4.69) is 18.1 Å². The lowest BCUT2D eigenvalue weighted by molar-refractivity contribution is 0.427. The summed E-state index contributed by atoms with van der Waals surface area (Å²) in [5, 5.41) is 0. The minimum absolute atomic E-state index is 0.559. The van der Waals surface area contributed by atoms with E-state index in [1.165, 1.54) is 0 Å². The first-order chi connectivity index (χ1) is 6.76. The molecule has 14 heavy (non-hydrogen) atoms. The maximum Gasteiger partial charge on any atom is 0.219 e. The van der Waals surface area contributed by atoms with Crippen LogP contribution in [0.4, 0.5) is 0 Å². The van der Waals surface area contributed by atoms with Crippen LogP contribution in [-0.4, -0.2) is 4.98 Å². The molecule has 0 fully saturated rings. The lowest BCUT2D eigenvalue weighted by Crippen LogP contribution is -1.93. The lowest BCUT2D eigenvalue weighted by atomic mass is 10.3. The number of ether oxygens (including phenoxy) is 1. The molecule has 0 amide bonds. The van der Waals surface area contributed by atoms with Crippen LogP contribution in [0, 0.1) is 6.92 Å². The van der Waals surface area contributed by atoms with Gasteiger partial charge in [-0.1, -0.05) is 25.3 Å². The molecule has 0 unspecified atom stereocenters. The van der Waals surface area contributed by atoms with Gasteiger partial charge in [0.1, 0.15) is 5.76 Å². The van der Waals surface area contributed by atoms with Gasteiger partial charge >= 0.3 is 0 Å². The van der Waals surface area contributed by atoms with Crippen LogP contribution in [0.1, 0.15) is 5.56 Å². The van der Waals surface area contributed by atoms with Gasteiger partial charge in [0.2, 0.25) is 5.88 Å². The second-order valence-electron chi connectivity index (χ2n) is 2.78. The van der Waals surface area contributed by atoms with Crippen molar-refractivity contribution in [1.29, 1.82) is 0 Å². The molecule has 0 aliphatic heterocycles. The first-order valence-electron chi connectivity index (χ1n) is 4.32. The van der Waals surface area contributed by atoms with Crippen LogP contribution in [0.25, 0.3) is 0 Å². The number of aromatic nitrogens is 1. The second-order valence-corrected chi connectivity index (χ2v) is 2.78. The van der Waals surface area contributed by atoms with Crippen LogP contribution in [0.15, 0.2) is 55.5 Å². The molecule has 2 nitrogen and oxygen atoms in total. The van der Waals surface area contributed by atoms with E-state index in [1.54, 1.807) is 24.4 Å². The Bertz CT molecular complexity index is 349. The van der Waals surface area contributed by atoms with Gasteiger partial charge < -0.3 is 4.74 Å². The third kappa shape index (κ3) is 2.90. The fraction of sp³-hybridized carbons (Fsp3) is 0.0833. The van der Waals surface area contributed by atoms with Gasteiger partial charge in [-0.2, -0.15) is 0 Å². The summed E-state index contributed by atoms with van der Waals surface area (Å²) in [5.41, 5.74) is 1.10. The Morgan fingerprint density at radius 1 is 1.43 bits per heavy atom. The summed E-state index contributed by atoms with van der Waals surface area (Å²) in [6, 6.07) is 3.76. The quantitative estimate of drug-likeness (QED) is 0.534. The van der Waals surface area contributed by atoms with E-state index < -0.39 is 0 Å². The lowest BCUT2D eigenvalue weighted by Gasteiger charge is -2.04. The van der Waals surface area contributed by atoms with Gasteiger partial charge in [0.05, 0.1) is 0 Å². The van der Waals surface area contributed by atoms with Crippen LogP contribution < -0.4 is 4.74 Å². The van der Waals surface area contributed by atoms with E-state index in [1.807, 2.05) is 19.1 Å². The third-order valence-electron chi connectivity index (χ3n) is 1.59. The maximum atomic E-state index is 5.42. The average Bonchev–Trinajstić information content (AvgIpc) is 2.20. The minimum Gasteiger partial charge on any atom is -0.439 e. The van der Waals surface area contributed by atoms with Crippen LogP contribution in [0.5, 0.6) is 5.88 Å². The topological polar surface area (TPSA) is 22.1 Å². The van der Waals surface area contributed by atoms with E-state index in [0.717, 1.165) is 5.56 Å². The molecule has 1 aromatic rings. The second kappa shape index (κ2) is 5.02. The summed E-state index contributed by atoms with van der Waals surface area (Å²) in [7, 11) is 0. The molecule has 0 aliphatic carbocycles. The number of rotatable bonds is 4. The number of aryl methyl sites for hydroxylation is 1. The van der Waals surface area contributed by atoms with E-state index in [4.69, 9.17) is 4.74 Å². The maximum absolute atomic E-state index is 5.42. The minimum atomic E-state index is 0.559. The van der Waals surface area contributed by atoms with Gasteiger partial charge in [0.25, 0.3) is 0 Å². The smallest absolute Gasteiger partial charge is 0.219 e. The van der Waals surface area contributed by atoms with Gasteiger partial charge in [0.15, 0.2) is 0 Å². The largest absolute Gasteiger partial charge is 0.439 e. The highest BCUT2D eigenvalue weighted by Crippen LogP contribution is 2.11. The molecule has 0 aliphatic rings. The Balaban J connectivity index is 2.77. The van der Waals surface area contributed by atoms with Crippen molar-refractivity contribution in [2.45, 2.75) is 6.92 Å². The molecule has 1 heterocycles. The van der Waals surface area contributed by atoms with Crippen LogP contribution in [-0.2, 0) is 0 Å². The first kappa shape index (κ1) is 10.3. The van der Waals surface area contributed by atoms with Crippen molar-refractivity contribution < 1.29 is 4.74 Å². The van der Waals surface area contributed by atoms with Crippen molar-refractivity contribution in [3.05, 3.63) is 61.0 Å². The van der Waals surface area contributed by atoms with Crippen LogP contribution in [0.2, 0.25) is 0 Å². The van der Waals surface area contributed by atoms with Gasteiger partial charge in [-0.05, 0) is 24.6 Å². The van der Waals surface area contributed by atoms with Crippen molar-refractivity contribution in [2.24, 2.45) is 0 Å². The Morgan fingerprint density at radius 3 is 2.71 bits per heavy atom. The van der Waals surface area contributed by atoms with Crippen molar-refractivity contribution in [2.75, 3.05) is 0 Å². The van der Waals surface area contributed by atoms with Gasteiger partial charge in [0, 0.05) is 12.3 Å².